The maximum absolute atomic E-state index is 13.6. The number of hydrogen-bond acceptors (Lipinski definition) is 2. The van der Waals surface area contributed by atoms with E-state index in [4.69, 9.17) is 0 Å². The van der Waals surface area contributed by atoms with Crippen molar-refractivity contribution in [3.05, 3.63) is 70.8 Å². The quantitative estimate of drug-likeness (QED) is 0.881. The predicted octanol–water partition coefficient (Wildman–Crippen LogP) is 3.66. The van der Waals surface area contributed by atoms with Crippen LogP contribution in [0.3, 0.4) is 0 Å². The van der Waals surface area contributed by atoms with Gasteiger partial charge in [-0.1, -0.05) is 24.3 Å². The second-order valence-corrected chi connectivity index (χ2v) is 5.17. The summed E-state index contributed by atoms with van der Waals surface area (Å²) in [5.41, 5.74) is 2.23. The van der Waals surface area contributed by atoms with E-state index in [1.165, 1.54) is 0 Å². The molecule has 2 aromatic carbocycles. The number of benzene rings is 2. The normalized spacial score (nSPS) is 14.0. The predicted molar refractivity (Wildman–Crippen MR) is 78.9 cm³/mol. The molecule has 0 heterocycles. The van der Waals surface area contributed by atoms with Crippen molar-refractivity contribution in [1.29, 1.82) is 0 Å². The molecular formula is C17H19F2NO. The highest BCUT2D eigenvalue weighted by Gasteiger charge is 2.15. The second-order valence-electron chi connectivity index (χ2n) is 5.17. The van der Waals surface area contributed by atoms with E-state index in [1.54, 1.807) is 0 Å². The van der Waals surface area contributed by atoms with Gasteiger partial charge in [0.05, 0.1) is 6.10 Å². The zero-order valence-corrected chi connectivity index (χ0v) is 12.1. The third-order valence-electron chi connectivity index (χ3n) is 3.59. The molecule has 0 aromatic heterocycles. The van der Waals surface area contributed by atoms with Gasteiger partial charge in [0.2, 0.25) is 0 Å². The van der Waals surface area contributed by atoms with Crippen LogP contribution in [-0.4, -0.2) is 11.7 Å². The summed E-state index contributed by atoms with van der Waals surface area (Å²) in [5, 5.41) is 13.2. The molecule has 2 unspecified atom stereocenters. The lowest BCUT2D eigenvalue weighted by Gasteiger charge is -2.19. The SMILES string of the molecule is Cc1ccccc1C(C)NCC(O)c1cc(F)ccc1F. The summed E-state index contributed by atoms with van der Waals surface area (Å²) in [4.78, 5) is 0. The lowest BCUT2D eigenvalue weighted by atomic mass is 10.0. The summed E-state index contributed by atoms with van der Waals surface area (Å²) >= 11 is 0. The molecule has 0 amide bonds. The van der Waals surface area contributed by atoms with Gasteiger partial charge in [0, 0.05) is 18.2 Å². The minimum Gasteiger partial charge on any atom is -0.387 e. The zero-order valence-electron chi connectivity index (χ0n) is 12.1. The van der Waals surface area contributed by atoms with E-state index >= 15 is 0 Å². The number of halogens is 2. The molecule has 0 radical (unpaired) electrons. The van der Waals surface area contributed by atoms with Gasteiger partial charge in [-0.25, -0.2) is 8.78 Å². The van der Waals surface area contributed by atoms with Crippen molar-refractivity contribution in [1.82, 2.24) is 5.32 Å². The van der Waals surface area contributed by atoms with Gasteiger partial charge in [0.25, 0.3) is 0 Å². The molecule has 0 aliphatic carbocycles. The lowest BCUT2D eigenvalue weighted by molar-refractivity contribution is 0.165. The van der Waals surface area contributed by atoms with Crippen molar-refractivity contribution < 1.29 is 13.9 Å². The molecule has 21 heavy (non-hydrogen) atoms. The van der Waals surface area contributed by atoms with Gasteiger partial charge in [0.1, 0.15) is 11.6 Å². The third-order valence-corrected chi connectivity index (χ3v) is 3.59. The van der Waals surface area contributed by atoms with Crippen molar-refractivity contribution in [3.8, 4) is 0 Å². The molecule has 0 fully saturated rings. The molecular weight excluding hydrogens is 272 g/mol. The van der Waals surface area contributed by atoms with E-state index in [9.17, 15) is 13.9 Å². The molecule has 0 saturated carbocycles. The van der Waals surface area contributed by atoms with Gasteiger partial charge < -0.3 is 10.4 Å². The average molecular weight is 291 g/mol. The topological polar surface area (TPSA) is 32.3 Å². The van der Waals surface area contributed by atoms with Crippen molar-refractivity contribution in [2.75, 3.05) is 6.54 Å². The minimum atomic E-state index is -1.09. The minimum absolute atomic E-state index is 0.0115. The van der Waals surface area contributed by atoms with Crippen LogP contribution >= 0.6 is 0 Å². The molecule has 0 aliphatic heterocycles. The Morgan fingerprint density at radius 2 is 1.81 bits per heavy atom. The summed E-state index contributed by atoms with van der Waals surface area (Å²) in [5.74, 6) is -1.16. The van der Waals surface area contributed by atoms with Crippen LogP contribution in [-0.2, 0) is 0 Å². The molecule has 2 aromatic rings. The fraction of sp³-hybridized carbons (Fsp3) is 0.294. The maximum atomic E-state index is 13.6. The Morgan fingerprint density at radius 3 is 2.52 bits per heavy atom. The van der Waals surface area contributed by atoms with Crippen LogP contribution in [0, 0.1) is 18.6 Å². The van der Waals surface area contributed by atoms with Crippen molar-refractivity contribution in [2.45, 2.75) is 26.0 Å². The van der Waals surface area contributed by atoms with Gasteiger partial charge in [-0.05, 0) is 43.2 Å². The van der Waals surface area contributed by atoms with Crippen molar-refractivity contribution in [3.63, 3.8) is 0 Å². The Bertz CT molecular complexity index is 615. The molecule has 112 valence electrons. The van der Waals surface area contributed by atoms with Crippen molar-refractivity contribution in [2.24, 2.45) is 0 Å². The maximum Gasteiger partial charge on any atom is 0.129 e. The Balaban J connectivity index is 2.02. The Kier molecular flexibility index (Phi) is 5.04. The number of nitrogens with one attached hydrogen (secondary N) is 1. The monoisotopic (exact) mass is 291 g/mol. The molecule has 0 bridgehead atoms. The molecule has 2 atom stereocenters. The number of hydrogen-bond donors (Lipinski definition) is 2. The molecule has 0 saturated heterocycles. The number of rotatable bonds is 5. The van der Waals surface area contributed by atoms with E-state index in [-0.39, 0.29) is 18.2 Å². The number of aliphatic hydroxyl groups is 1. The molecule has 4 heteroatoms. The van der Waals surface area contributed by atoms with E-state index < -0.39 is 17.7 Å². The van der Waals surface area contributed by atoms with Gasteiger partial charge in [-0.15, -0.1) is 0 Å². The smallest absolute Gasteiger partial charge is 0.129 e. The van der Waals surface area contributed by atoms with Crippen LogP contribution < -0.4 is 5.32 Å². The van der Waals surface area contributed by atoms with Gasteiger partial charge in [-0.2, -0.15) is 0 Å². The fourth-order valence-corrected chi connectivity index (χ4v) is 2.35. The van der Waals surface area contributed by atoms with Gasteiger partial charge in [-0.3, -0.25) is 0 Å². The summed E-state index contributed by atoms with van der Waals surface area (Å²) in [6, 6.07) is 11.0. The van der Waals surface area contributed by atoms with E-state index in [1.807, 2.05) is 38.1 Å². The first-order chi connectivity index (χ1) is 9.99. The first kappa shape index (κ1) is 15.6. The summed E-state index contributed by atoms with van der Waals surface area (Å²) in [6.07, 6.45) is -1.09. The zero-order chi connectivity index (χ0) is 15.4. The summed E-state index contributed by atoms with van der Waals surface area (Å²) < 4.78 is 26.7. The Morgan fingerprint density at radius 1 is 1.10 bits per heavy atom. The highest BCUT2D eigenvalue weighted by Crippen LogP contribution is 2.20. The van der Waals surface area contributed by atoms with Crippen LogP contribution in [0.25, 0.3) is 0 Å². The van der Waals surface area contributed by atoms with Crippen LogP contribution in [0.15, 0.2) is 42.5 Å². The molecule has 2 rings (SSSR count). The number of aliphatic hydroxyl groups excluding tert-OH is 1. The first-order valence-corrected chi connectivity index (χ1v) is 6.91. The highest BCUT2D eigenvalue weighted by molar-refractivity contribution is 5.28. The van der Waals surface area contributed by atoms with Crippen LogP contribution in [0.1, 0.15) is 35.8 Å². The molecule has 2 nitrogen and oxygen atoms in total. The lowest BCUT2D eigenvalue weighted by Crippen LogP contribution is -2.25. The van der Waals surface area contributed by atoms with Gasteiger partial charge >= 0.3 is 0 Å². The first-order valence-electron chi connectivity index (χ1n) is 6.91. The molecule has 2 N–H and O–H groups in total. The van der Waals surface area contributed by atoms with E-state index in [0.29, 0.717) is 0 Å². The van der Waals surface area contributed by atoms with E-state index in [2.05, 4.69) is 5.32 Å². The van der Waals surface area contributed by atoms with Gasteiger partial charge in [0.15, 0.2) is 0 Å². The van der Waals surface area contributed by atoms with E-state index in [0.717, 1.165) is 29.3 Å². The highest BCUT2D eigenvalue weighted by atomic mass is 19.1. The van der Waals surface area contributed by atoms with Crippen LogP contribution in [0.2, 0.25) is 0 Å². The average Bonchev–Trinajstić information content (AvgIpc) is 2.47. The largest absolute Gasteiger partial charge is 0.387 e. The standard InChI is InChI=1S/C17H19F2NO/c1-11-5-3-4-6-14(11)12(2)20-10-17(21)15-9-13(18)7-8-16(15)19/h3-9,12,17,20-21H,10H2,1-2H3. The fourth-order valence-electron chi connectivity index (χ4n) is 2.35. The molecule has 0 aliphatic rings. The van der Waals surface area contributed by atoms with Crippen LogP contribution in [0.4, 0.5) is 8.78 Å². The Hall–Kier alpha value is -1.78. The Labute approximate surface area is 123 Å². The van der Waals surface area contributed by atoms with Crippen LogP contribution in [0.5, 0.6) is 0 Å². The summed E-state index contributed by atoms with van der Waals surface area (Å²) in [7, 11) is 0. The molecule has 0 spiro atoms. The van der Waals surface area contributed by atoms with Crippen molar-refractivity contribution >= 4 is 0 Å². The number of aryl methyl sites for hydroxylation is 1. The second kappa shape index (κ2) is 6.78. The summed E-state index contributed by atoms with van der Waals surface area (Å²) in [6.45, 7) is 4.13. The third kappa shape index (κ3) is 3.86.